The Kier molecular flexibility index (Phi) is 5.40. The maximum atomic E-state index is 11.3. The number of nitro groups is 1. The number of nitrogens with one attached hydrogen (secondary N) is 1. The summed E-state index contributed by atoms with van der Waals surface area (Å²) in [6, 6.07) is 12.1. The van der Waals surface area contributed by atoms with Gasteiger partial charge >= 0.3 is 0 Å². The summed E-state index contributed by atoms with van der Waals surface area (Å²) in [5.41, 5.74) is 1.85. The van der Waals surface area contributed by atoms with Crippen LogP contribution in [0.4, 0.5) is 5.69 Å². The minimum atomic E-state index is -0.388. The van der Waals surface area contributed by atoms with Crippen LogP contribution in [0.5, 0.6) is 0 Å². The molecule has 0 spiro atoms. The van der Waals surface area contributed by atoms with Crippen LogP contribution >= 0.6 is 0 Å². The topological polar surface area (TPSA) is 77.3 Å². The molecule has 1 aromatic heterocycles. The number of hydrogen-bond acceptors (Lipinski definition) is 5. The lowest BCUT2D eigenvalue weighted by molar-refractivity contribution is -0.386. The molecule has 0 radical (unpaired) electrons. The molecular weight excluding hydrogens is 318 g/mol. The average molecular weight is 341 g/mol. The molecule has 1 aliphatic rings. The predicted molar refractivity (Wildman–Crippen MR) is 95.0 cm³/mol. The number of nitrogens with zero attached hydrogens (tertiary/aromatic N) is 2. The highest BCUT2D eigenvalue weighted by Gasteiger charge is 2.36. The second-order valence-corrected chi connectivity index (χ2v) is 6.59. The Morgan fingerprint density at radius 3 is 2.76 bits per heavy atom. The van der Waals surface area contributed by atoms with Gasteiger partial charge in [-0.15, -0.1) is 0 Å². The van der Waals surface area contributed by atoms with E-state index in [2.05, 4.69) is 29.4 Å². The number of ether oxygens (including phenoxy) is 1. The molecule has 2 heterocycles. The van der Waals surface area contributed by atoms with Gasteiger partial charge in [0.05, 0.1) is 22.7 Å². The summed E-state index contributed by atoms with van der Waals surface area (Å²) in [4.78, 5) is 14.8. The van der Waals surface area contributed by atoms with Crippen molar-refractivity contribution in [2.45, 2.75) is 45.1 Å². The second kappa shape index (κ2) is 7.72. The molecule has 3 rings (SSSR count). The van der Waals surface area contributed by atoms with Crippen molar-refractivity contribution < 1.29 is 9.66 Å². The van der Waals surface area contributed by atoms with Gasteiger partial charge in [0.1, 0.15) is 6.20 Å². The summed E-state index contributed by atoms with van der Waals surface area (Å²) in [5.74, 6) is 0.320. The van der Waals surface area contributed by atoms with Crippen LogP contribution in [-0.2, 0) is 11.3 Å². The molecule has 0 saturated carbocycles. The Morgan fingerprint density at radius 2 is 2.04 bits per heavy atom. The van der Waals surface area contributed by atoms with Crippen LogP contribution in [0, 0.1) is 16.0 Å². The highest BCUT2D eigenvalue weighted by molar-refractivity contribution is 5.39. The molecule has 0 aliphatic carbocycles. The fourth-order valence-electron chi connectivity index (χ4n) is 3.35. The van der Waals surface area contributed by atoms with Crippen molar-refractivity contribution in [3.05, 3.63) is 70.0 Å². The maximum absolute atomic E-state index is 11.3. The Hall–Kier alpha value is -2.31. The number of aromatic nitrogens is 1. The van der Waals surface area contributed by atoms with Crippen LogP contribution in [0.1, 0.15) is 37.5 Å². The van der Waals surface area contributed by atoms with Crippen molar-refractivity contribution in [3.8, 4) is 0 Å². The lowest BCUT2D eigenvalue weighted by Crippen LogP contribution is -2.46. The molecular formula is C19H23N3O3. The molecule has 6 heteroatoms. The zero-order valence-electron chi connectivity index (χ0n) is 14.5. The first-order valence-electron chi connectivity index (χ1n) is 8.57. The van der Waals surface area contributed by atoms with E-state index in [4.69, 9.17) is 4.74 Å². The standard InChI is InChI=1S/C19H23N3O3/c1-13-14(2)25-19(16-8-9-20-12-18(16)22(23)24)10-17(13)21-11-15-6-4-3-5-7-15/h3-9,12-14,17,19,21H,10-11H2,1-2H3. The van der Waals surface area contributed by atoms with E-state index in [0.29, 0.717) is 17.9 Å². The van der Waals surface area contributed by atoms with Crippen LogP contribution in [0.25, 0.3) is 0 Å². The van der Waals surface area contributed by atoms with Crippen LogP contribution in [0.2, 0.25) is 0 Å². The average Bonchev–Trinajstić information content (AvgIpc) is 2.63. The van der Waals surface area contributed by atoms with Gasteiger partial charge in [-0.3, -0.25) is 15.1 Å². The summed E-state index contributed by atoms with van der Waals surface area (Å²) >= 11 is 0. The number of hydrogen-bond donors (Lipinski definition) is 1. The summed E-state index contributed by atoms with van der Waals surface area (Å²) in [6.07, 6.45) is 3.29. The van der Waals surface area contributed by atoms with E-state index in [1.807, 2.05) is 25.1 Å². The van der Waals surface area contributed by atoms with Crippen LogP contribution < -0.4 is 5.32 Å². The molecule has 1 aliphatic heterocycles. The van der Waals surface area contributed by atoms with Gasteiger partial charge in [0.25, 0.3) is 5.69 Å². The lowest BCUT2D eigenvalue weighted by Gasteiger charge is -2.39. The molecule has 0 bridgehead atoms. The SMILES string of the molecule is CC1OC(c2ccncc2[N+](=O)[O-])CC(NCc2ccccc2)C1C. The minimum absolute atomic E-state index is 0.0137. The van der Waals surface area contributed by atoms with E-state index >= 15 is 0 Å². The Bertz CT molecular complexity index is 723. The third-order valence-electron chi connectivity index (χ3n) is 5.01. The zero-order valence-corrected chi connectivity index (χ0v) is 14.5. The van der Waals surface area contributed by atoms with Crippen molar-refractivity contribution in [1.29, 1.82) is 0 Å². The summed E-state index contributed by atoms with van der Waals surface area (Å²) in [6.45, 7) is 4.96. The molecule has 4 atom stereocenters. The van der Waals surface area contributed by atoms with E-state index < -0.39 is 0 Å². The summed E-state index contributed by atoms with van der Waals surface area (Å²) in [5, 5.41) is 14.9. The first-order valence-corrected chi connectivity index (χ1v) is 8.57. The number of rotatable bonds is 5. The predicted octanol–water partition coefficient (Wildman–Crippen LogP) is 3.63. The van der Waals surface area contributed by atoms with E-state index in [9.17, 15) is 10.1 Å². The van der Waals surface area contributed by atoms with E-state index in [-0.39, 0.29) is 28.9 Å². The molecule has 1 aromatic carbocycles. The van der Waals surface area contributed by atoms with Crippen LogP contribution in [0.15, 0.2) is 48.8 Å². The fourth-order valence-corrected chi connectivity index (χ4v) is 3.35. The van der Waals surface area contributed by atoms with Gasteiger partial charge in [-0.1, -0.05) is 37.3 Å². The highest BCUT2D eigenvalue weighted by Crippen LogP contribution is 2.37. The molecule has 1 saturated heterocycles. The molecule has 4 unspecified atom stereocenters. The maximum Gasteiger partial charge on any atom is 0.293 e. The quantitative estimate of drug-likeness (QED) is 0.664. The van der Waals surface area contributed by atoms with Crippen molar-refractivity contribution in [1.82, 2.24) is 10.3 Å². The summed E-state index contributed by atoms with van der Waals surface area (Å²) < 4.78 is 6.09. The molecule has 2 aromatic rings. The molecule has 25 heavy (non-hydrogen) atoms. The van der Waals surface area contributed by atoms with Gasteiger partial charge in [-0.05, 0) is 30.9 Å². The van der Waals surface area contributed by atoms with Gasteiger partial charge < -0.3 is 10.1 Å². The van der Waals surface area contributed by atoms with Gasteiger partial charge in [-0.25, -0.2) is 0 Å². The fraction of sp³-hybridized carbons (Fsp3) is 0.421. The molecule has 1 fully saturated rings. The van der Waals surface area contributed by atoms with E-state index in [1.54, 1.807) is 12.3 Å². The van der Waals surface area contributed by atoms with Crippen molar-refractivity contribution >= 4 is 5.69 Å². The Labute approximate surface area is 147 Å². The molecule has 6 nitrogen and oxygen atoms in total. The minimum Gasteiger partial charge on any atom is -0.370 e. The zero-order chi connectivity index (χ0) is 17.8. The van der Waals surface area contributed by atoms with E-state index in [0.717, 1.165) is 6.54 Å². The van der Waals surface area contributed by atoms with Crippen LogP contribution in [0.3, 0.4) is 0 Å². The Balaban J connectivity index is 1.76. The van der Waals surface area contributed by atoms with Gasteiger partial charge in [0, 0.05) is 18.8 Å². The van der Waals surface area contributed by atoms with Crippen molar-refractivity contribution in [3.63, 3.8) is 0 Å². The number of benzene rings is 1. The molecule has 0 amide bonds. The molecule has 1 N–H and O–H groups in total. The smallest absolute Gasteiger partial charge is 0.293 e. The van der Waals surface area contributed by atoms with Crippen molar-refractivity contribution in [2.24, 2.45) is 5.92 Å². The first-order chi connectivity index (χ1) is 12.1. The van der Waals surface area contributed by atoms with Gasteiger partial charge in [0.15, 0.2) is 0 Å². The normalized spacial score (nSPS) is 26.3. The summed E-state index contributed by atoms with van der Waals surface area (Å²) in [7, 11) is 0. The highest BCUT2D eigenvalue weighted by atomic mass is 16.6. The van der Waals surface area contributed by atoms with E-state index in [1.165, 1.54) is 11.8 Å². The third kappa shape index (κ3) is 4.03. The Morgan fingerprint density at radius 1 is 1.28 bits per heavy atom. The van der Waals surface area contributed by atoms with Gasteiger partial charge in [0.2, 0.25) is 0 Å². The van der Waals surface area contributed by atoms with Crippen LogP contribution in [-0.4, -0.2) is 22.1 Å². The lowest BCUT2D eigenvalue weighted by atomic mass is 9.86. The third-order valence-corrected chi connectivity index (χ3v) is 5.01. The largest absolute Gasteiger partial charge is 0.370 e. The first kappa shape index (κ1) is 17.5. The van der Waals surface area contributed by atoms with Crippen molar-refractivity contribution in [2.75, 3.05) is 0 Å². The van der Waals surface area contributed by atoms with Gasteiger partial charge in [-0.2, -0.15) is 0 Å². The molecule has 132 valence electrons. The second-order valence-electron chi connectivity index (χ2n) is 6.59. The number of pyridine rings is 1. The monoisotopic (exact) mass is 341 g/mol.